The number of carbonyl (C=O) groups is 1. The number of hydrogen-bond donors (Lipinski definition) is 1. The Hall–Kier alpha value is -2.10. The standard InChI is InChI=1S/C22H29N3O/c1-14-15(2)24-25(16(14)3)13-20(26)23-22-19-12-8-7-11-18(19)21(22)17-9-5-4-6-10-17/h4-6,9-10,18-19,21-22H,7-8,11-13H2,1-3H3,(H,23,26)/t18-,19-,21+,22+/m1/s1. The van der Waals surface area contributed by atoms with E-state index in [1.165, 1.54) is 36.8 Å². The van der Waals surface area contributed by atoms with Crippen LogP contribution in [0.4, 0.5) is 0 Å². The third kappa shape index (κ3) is 2.95. The minimum Gasteiger partial charge on any atom is -0.351 e. The smallest absolute Gasteiger partial charge is 0.241 e. The molecule has 1 aromatic carbocycles. The summed E-state index contributed by atoms with van der Waals surface area (Å²) >= 11 is 0. The molecule has 4 nitrogen and oxygen atoms in total. The van der Waals surface area contributed by atoms with E-state index in [1.807, 2.05) is 18.5 Å². The van der Waals surface area contributed by atoms with Gasteiger partial charge in [0.2, 0.25) is 5.91 Å². The zero-order chi connectivity index (χ0) is 18.3. The molecule has 1 aromatic heterocycles. The van der Waals surface area contributed by atoms with E-state index in [2.05, 4.69) is 47.7 Å². The van der Waals surface area contributed by atoms with E-state index in [0.717, 1.165) is 17.3 Å². The number of aryl methyl sites for hydroxylation is 1. The highest BCUT2D eigenvalue weighted by Gasteiger charge is 2.51. The maximum Gasteiger partial charge on any atom is 0.241 e. The Morgan fingerprint density at radius 1 is 1.12 bits per heavy atom. The maximum absolute atomic E-state index is 12.8. The molecule has 2 aliphatic carbocycles. The summed E-state index contributed by atoms with van der Waals surface area (Å²) < 4.78 is 1.84. The number of fused-ring (bicyclic) bond motifs is 1. The average molecular weight is 351 g/mol. The van der Waals surface area contributed by atoms with Crippen LogP contribution in [-0.4, -0.2) is 21.7 Å². The Labute approximate surface area is 156 Å². The monoisotopic (exact) mass is 351 g/mol. The van der Waals surface area contributed by atoms with Gasteiger partial charge in [-0.1, -0.05) is 43.2 Å². The van der Waals surface area contributed by atoms with Gasteiger partial charge in [-0.25, -0.2) is 0 Å². The van der Waals surface area contributed by atoms with E-state index in [9.17, 15) is 4.79 Å². The Morgan fingerprint density at radius 2 is 1.81 bits per heavy atom. The molecule has 2 aliphatic rings. The summed E-state index contributed by atoms with van der Waals surface area (Å²) in [5, 5.41) is 7.88. The van der Waals surface area contributed by atoms with Gasteiger partial charge in [-0.05, 0) is 56.6 Å². The molecule has 0 unspecified atom stereocenters. The van der Waals surface area contributed by atoms with Crippen molar-refractivity contribution in [2.45, 2.75) is 65.0 Å². The van der Waals surface area contributed by atoms with E-state index in [4.69, 9.17) is 0 Å². The number of amides is 1. The Balaban J connectivity index is 1.49. The van der Waals surface area contributed by atoms with Crippen molar-refractivity contribution in [1.29, 1.82) is 0 Å². The molecule has 2 fully saturated rings. The van der Waals surface area contributed by atoms with Gasteiger partial charge < -0.3 is 5.32 Å². The van der Waals surface area contributed by atoms with Gasteiger partial charge in [-0.3, -0.25) is 9.48 Å². The number of aromatic nitrogens is 2. The molecular formula is C22H29N3O. The average Bonchev–Trinajstić information content (AvgIpc) is 2.88. The van der Waals surface area contributed by atoms with Gasteiger partial charge in [0.25, 0.3) is 0 Å². The van der Waals surface area contributed by atoms with Gasteiger partial charge in [-0.15, -0.1) is 0 Å². The Morgan fingerprint density at radius 3 is 2.46 bits per heavy atom. The molecule has 0 aliphatic heterocycles. The molecule has 0 bridgehead atoms. The van der Waals surface area contributed by atoms with Crippen LogP contribution in [-0.2, 0) is 11.3 Å². The predicted octanol–water partition coefficient (Wildman–Crippen LogP) is 3.90. The molecular weight excluding hydrogens is 322 g/mol. The summed E-state index contributed by atoms with van der Waals surface area (Å²) in [6.07, 6.45) is 5.17. The Bertz CT molecular complexity index is 795. The molecule has 4 atom stereocenters. The van der Waals surface area contributed by atoms with Gasteiger partial charge in [0.05, 0.1) is 5.69 Å². The zero-order valence-corrected chi connectivity index (χ0v) is 16.0. The molecule has 4 heteroatoms. The van der Waals surface area contributed by atoms with Crippen LogP contribution in [0, 0.1) is 32.6 Å². The summed E-state index contributed by atoms with van der Waals surface area (Å²) in [5.74, 6) is 1.92. The summed E-state index contributed by atoms with van der Waals surface area (Å²) in [6, 6.07) is 11.0. The zero-order valence-electron chi connectivity index (χ0n) is 16.0. The first-order chi connectivity index (χ1) is 12.6. The van der Waals surface area contributed by atoms with Crippen LogP contribution < -0.4 is 5.32 Å². The van der Waals surface area contributed by atoms with Crippen LogP contribution in [0.3, 0.4) is 0 Å². The van der Waals surface area contributed by atoms with Crippen molar-refractivity contribution in [2.24, 2.45) is 11.8 Å². The fourth-order valence-electron chi connectivity index (χ4n) is 5.10. The van der Waals surface area contributed by atoms with E-state index in [1.54, 1.807) is 0 Å². The Kier molecular flexibility index (Phi) is 4.60. The van der Waals surface area contributed by atoms with Crippen molar-refractivity contribution < 1.29 is 4.79 Å². The minimum absolute atomic E-state index is 0.0885. The highest BCUT2D eigenvalue weighted by atomic mass is 16.2. The van der Waals surface area contributed by atoms with Crippen molar-refractivity contribution in [3.63, 3.8) is 0 Å². The summed E-state index contributed by atoms with van der Waals surface area (Å²) in [5.41, 5.74) is 4.65. The molecule has 1 heterocycles. The predicted molar refractivity (Wildman–Crippen MR) is 103 cm³/mol. The van der Waals surface area contributed by atoms with Crippen LogP contribution in [0.25, 0.3) is 0 Å². The normalized spacial score (nSPS) is 27.5. The molecule has 138 valence electrons. The largest absolute Gasteiger partial charge is 0.351 e. The highest BCUT2D eigenvalue weighted by molar-refractivity contribution is 5.76. The summed E-state index contributed by atoms with van der Waals surface area (Å²) in [4.78, 5) is 12.8. The van der Waals surface area contributed by atoms with E-state index in [-0.39, 0.29) is 11.9 Å². The lowest BCUT2D eigenvalue weighted by atomic mass is 9.53. The molecule has 0 spiro atoms. The second-order valence-electron chi connectivity index (χ2n) is 8.10. The van der Waals surface area contributed by atoms with Crippen LogP contribution in [0.1, 0.15) is 54.1 Å². The first-order valence-electron chi connectivity index (χ1n) is 9.91. The van der Waals surface area contributed by atoms with Gasteiger partial charge in [0.15, 0.2) is 0 Å². The van der Waals surface area contributed by atoms with E-state index in [0.29, 0.717) is 18.4 Å². The molecule has 1 amide bonds. The first kappa shape index (κ1) is 17.3. The summed E-state index contributed by atoms with van der Waals surface area (Å²) in [7, 11) is 0. The molecule has 0 radical (unpaired) electrons. The van der Waals surface area contributed by atoms with Crippen molar-refractivity contribution in [1.82, 2.24) is 15.1 Å². The van der Waals surface area contributed by atoms with Gasteiger partial charge in [0.1, 0.15) is 6.54 Å². The number of nitrogens with zero attached hydrogens (tertiary/aromatic N) is 2. The molecule has 2 saturated carbocycles. The number of nitrogens with one attached hydrogen (secondary N) is 1. The highest BCUT2D eigenvalue weighted by Crippen LogP contribution is 2.54. The van der Waals surface area contributed by atoms with Crippen molar-refractivity contribution in [3.8, 4) is 0 Å². The van der Waals surface area contributed by atoms with Gasteiger partial charge in [0, 0.05) is 17.7 Å². The van der Waals surface area contributed by atoms with E-state index >= 15 is 0 Å². The number of hydrogen-bond acceptors (Lipinski definition) is 2. The lowest BCUT2D eigenvalue weighted by Gasteiger charge is -2.55. The fourth-order valence-corrected chi connectivity index (χ4v) is 5.10. The molecule has 4 rings (SSSR count). The van der Waals surface area contributed by atoms with Gasteiger partial charge in [-0.2, -0.15) is 5.10 Å². The van der Waals surface area contributed by atoms with Crippen LogP contribution in [0.5, 0.6) is 0 Å². The van der Waals surface area contributed by atoms with Crippen molar-refractivity contribution >= 4 is 5.91 Å². The molecule has 26 heavy (non-hydrogen) atoms. The maximum atomic E-state index is 12.8. The van der Waals surface area contributed by atoms with Gasteiger partial charge >= 0.3 is 0 Å². The van der Waals surface area contributed by atoms with Crippen LogP contribution >= 0.6 is 0 Å². The minimum atomic E-state index is 0.0885. The van der Waals surface area contributed by atoms with E-state index < -0.39 is 0 Å². The quantitative estimate of drug-likeness (QED) is 0.908. The van der Waals surface area contributed by atoms with Crippen LogP contribution in [0.15, 0.2) is 30.3 Å². The number of benzene rings is 1. The second kappa shape index (κ2) is 6.90. The first-order valence-corrected chi connectivity index (χ1v) is 9.91. The SMILES string of the molecule is Cc1nn(CC(=O)N[C@H]2[C@@H]3CCCC[C@H]3[C@@H]2c2ccccc2)c(C)c1C. The molecule has 1 N–H and O–H groups in total. The third-order valence-corrected chi connectivity index (χ3v) is 6.73. The second-order valence-corrected chi connectivity index (χ2v) is 8.10. The topological polar surface area (TPSA) is 46.9 Å². The fraction of sp³-hybridized carbons (Fsp3) is 0.545. The summed E-state index contributed by atoms with van der Waals surface area (Å²) in [6.45, 7) is 6.42. The third-order valence-electron chi connectivity index (χ3n) is 6.73. The number of carbonyl (C=O) groups excluding carboxylic acids is 1. The molecule has 2 aromatic rings. The lowest BCUT2D eigenvalue weighted by molar-refractivity contribution is -0.125. The number of rotatable bonds is 4. The molecule has 0 saturated heterocycles. The van der Waals surface area contributed by atoms with Crippen molar-refractivity contribution in [3.05, 3.63) is 52.8 Å². The van der Waals surface area contributed by atoms with Crippen LogP contribution in [0.2, 0.25) is 0 Å². The van der Waals surface area contributed by atoms with Crippen molar-refractivity contribution in [2.75, 3.05) is 0 Å². The lowest BCUT2D eigenvalue weighted by Crippen LogP contribution is -2.59.